The lowest BCUT2D eigenvalue weighted by Gasteiger charge is -2.22. The van der Waals surface area contributed by atoms with E-state index in [1.807, 2.05) is 31.9 Å². The van der Waals surface area contributed by atoms with Crippen LogP contribution in [0.4, 0.5) is 11.5 Å². The van der Waals surface area contributed by atoms with Crippen LogP contribution in [0.25, 0.3) is 0 Å². The van der Waals surface area contributed by atoms with E-state index in [-0.39, 0.29) is 0 Å². The van der Waals surface area contributed by atoms with Crippen LogP contribution in [0, 0.1) is 39.0 Å². The van der Waals surface area contributed by atoms with Crippen LogP contribution >= 0.6 is 0 Å². The van der Waals surface area contributed by atoms with Crippen LogP contribution in [0.2, 0.25) is 0 Å². The Labute approximate surface area is 120 Å². The molecule has 3 nitrogen and oxygen atoms in total. The van der Waals surface area contributed by atoms with Crippen molar-refractivity contribution in [2.75, 3.05) is 11.9 Å². The third-order valence-corrected chi connectivity index (χ3v) is 3.35. The molecule has 1 heterocycles. The molecular formula is C17H19N3. The zero-order valence-electron chi connectivity index (χ0n) is 12.7. The zero-order valence-corrected chi connectivity index (χ0v) is 12.7. The predicted octanol–water partition coefficient (Wildman–Crippen LogP) is 3.95. The van der Waals surface area contributed by atoms with Gasteiger partial charge in [-0.1, -0.05) is 6.07 Å². The summed E-state index contributed by atoms with van der Waals surface area (Å²) in [5, 5.41) is 9.38. The van der Waals surface area contributed by atoms with Crippen LogP contribution in [-0.2, 0) is 0 Å². The van der Waals surface area contributed by atoms with Crippen LogP contribution in [-0.4, -0.2) is 12.0 Å². The number of hydrogen-bond donors (Lipinski definition) is 0. The number of anilines is 2. The van der Waals surface area contributed by atoms with E-state index in [9.17, 15) is 5.26 Å². The first-order valence-corrected chi connectivity index (χ1v) is 6.62. The fourth-order valence-electron chi connectivity index (χ4n) is 2.46. The van der Waals surface area contributed by atoms with E-state index in [0.717, 1.165) is 22.8 Å². The summed E-state index contributed by atoms with van der Waals surface area (Å²) in [5.74, 6) is 0.718. The normalized spacial score (nSPS) is 10.2. The molecule has 0 atom stereocenters. The van der Waals surface area contributed by atoms with Gasteiger partial charge in [-0.15, -0.1) is 0 Å². The molecule has 1 aromatic heterocycles. The lowest BCUT2D eigenvalue weighted by atomic mass is 10.1. The van der Waals surface area contributed by atoms with Crippen LogP contribution < -0.4 is 4.90 Å². The fraction of sp³-hybridized carbons (Fsp3) is 0.294. The molecule has 0 spiro atoms. The number of rotatable bonds is 2. The number of pyridine rings is 1. The van der Waals surface area contributed by atoms with Gasteiger partial charge in [0.15, 0.2) is 5.82 Å². The molecule has 0 unspecified atom stereocenters. The van der Waals surface area contributed by atoms with E-state index in [2.05, 4.69) is 43.1 Å². The third kappa shape index (κ3) is 2.65. The van der Waals surface area contributed by atoms with Crippen LogP contribution in [0.3, 0.4) is 0 Å². The molecule has 20 heavy (non-hydrogen) atoms. The average Bonchev–Trinajstić information content (AvgIpc) is 2.35. The highest BCUT2D eigenvalue weighted by molar-refractivity contribution is 5.68. The monoisotopic (exact) mass is 265 g/mol. The Bertz CT molecular complexity index is 676. The van der Waals surface area contributed by atoms with Gasteiger partial charge in [0.1, 0.15) is 6.07 Å². The quantitative estimate of drug-likeness (QED) is 0.825. The standard InChI is InChI=1S/C17H19N3/c1-11-6-12(2)8-15(7-11)20(5)17-16(10-18)13(3)9-14(4)19-17/h6-9H,1-5H3. The minimum absolute atomic E-state index is 0.636. The van der Waals surface area contributed by atoms with Crippen molar-refractivity contribution in [3.63, 3.8) is 0 Å². The van der Waals surface area contributed by atoms with Crippen molar-refractivity contribution in [2.45, 2.75) is 27.7 Å². The molecule has 0 saturated carbocycles. The summed E-state index contributed by atoms with van der Waals surface area (Å²) in [6.07, 6.45) is 0. The minimum atomic E-state index is 0.636. The van der Waals surface area contributed by atoms with Crippen molar-refractivity contribution in [1.29, 1.82) is 5.26 Å². The van der Waals surface area contributed by atoms with E-state index in [0.29, 0.717) is 5.56 Å². The first-order valence-electron chi connectivity index (χ1n) is 6.62. The largest absolute Gasteiger partial charge is 0.328 e. The van der Waals surface area contributed by atoms with E-state index in [1.165, 1.54) is 11.1 Å². The summed E-state index contributed by atoms with van der Waals surface area (Å²) >= 11 is 0. The predicted molar refractivity (Wildman–Crippen MR) is 82.4 cm³/mol. The molecule has 0 N–H and O–H groups in total. The Morgan fingerprint density at radius 2 is 1.60 bits per heavy atom. The van der Waals surface area contributed by atoms with Crippen molar-refractivity contribution >= 4 is 11.5 Å². The number of nitrogens with zero attached hydrogens (tertiary/aromatic N) is 3. The molecule has 0 saturated heterocycles. The molecule has 0 radical (unpaired) electrons. The minimum Gasteiger partial charge on any atom is -0.328 e. The lowest BCUT2D eigenvalue weighted by molar-refractivity contribution is 1.07. The van der Waals surface area contributed by atoms with Gasteiger partial charge >= 0.3 is 0 Å². The maximum Gasteiger partial charge on any atom is 0.151 e. The number of aryl methyl sites for hydroxylation is 4. The van der Waals surface area contributed by atoms with Gasteiger partial charge in [0.2, 0.25) is 0 Å². The van der Waals surface area contributed by atoms with Crippen molar-refractivity contribution in [2.24, 2.45) is 0 Å². The molecule has 0 aliphatic carbocycles. The van der Waals surface area contributed by atoms with Gasteiger partial charge < -0.3 is 4.90 Å². The van der Waals surface area contributed by atoms with E-state index in [4.69, 9.17) is 0 Å². The summed E-state index contributed by atoms with van der Waals surface area (Å²) < 4.78 is 0. The van der Waals surface area contributed by atoms with Crippen LogP contribution in [0.5, 0.6) is 0 Å². The topological polar surface area (TPSA) is 39.9 Å². The highest BCUT2D eigenvalue weighted by Crippen LogP contribution is 2.28. The molecule has 102 valence electrons. The molecule has 2 aromatic rings. The summed E-state index contributed by atoms with van der Waals surface area (Å²) in [6.45, 7) is 8.05. The smallest absolute Gasteiger partial charge is 0.151 e. The molecule has 0 fully saturated rings. The van der Waals surface area contributed by atoms with Crippen molar-refractivity contribution in [3.8, 4) is 6.07 Å². The highest BCUT2D eigenvalue weighted by atomic mass is 15.2. The molecule has 0 aliphatic rings. The Morgan fingerprint density at radius 1 is 1.00 bits per heavy atom. The number of hydrogen-bond acceptors (Lipinski definition) is 3. The number of nitriles is 1. The third-order valence-electron chi connectivity index (χ3n) is 3.35. The first-order chi connectivity index (χ1) is 9.42. The summed E-state index contributed by atoms with van der Waals surface area (Å²) in [5.41, 5.74) is 5.98. The molecule has 3 heteroatoms. The summed E-state index contributed by atoms with van der Waals surface area (Å²) in [6, 6.07) is 10.6. The second kappa shape index (κ2) is 5.34. The maximum atomic E-state index is 9.38. The van der Waals surface area contributed by atoms with Gasteiger partial charge in [-0.3, -0.25) is 0 Å². The van der Waals surface area contributed by atoms with Crippen molar-refractivity contribution in [3.05, 3.63) is 52.2 Å². The van der Waals surface area contributed by atoms with Crippen LogP contribution in [0.1, 0.15) is 27.9 Å². The van der Waals surface area contributed by atoms with Gasteiger partial charge in [-0.05, 0) is 62.6 Å². The SMILES string of the molecule is Cc1cc(C)cc(N(C)c2nc(C)cc(C)c2C#N)c1. The van der Waals surface area contributed by atoms with E-state index >= 15 is 0 Å². The molecule has 2 rings (SSSR count). The first kappa shape index (κ1) is 14.1. The van der Waals surface area contributed by atoms with Crippen molar-refractivity contribution in [1.82, 2.24) is 4.98 Å². The van der Waals surface area contributed by atoms with Crippen molar-refractivity contribution < 1.29 is 0 Å². The van der Waals surface area contributed by atoms with Gasteiger partial charge in [-0.25, -0.2) is 4.98 Å². The Morgan fingerprint density at radius 3 is 2.15 bits per heavy atom. The molecular weight excluding hydrogens is 246 g/mol. The second-order valence-electron chi connectivity index (χ2n) is 5.30. The molecule has 1 aromatic carbocycles. The van der Waals surface area contributed by atoms with Gasteiger partial charge in [-0.2, -0.15) is 5.26 Å². The molecule has 0 amide bonds. The summed E-state index contributed by atoms with van der Waals surface area (Å²) in [7, 11) is 1.95. The fourth-order valence-corrected chi connectivity index (χ4v) is 2.46. The van der Waals surface area contributed by atoms with Gasteiger partial charge in [0.05, 0.1) is 5.56 Å². The molecule has 0 aliphatic heterocycles. The Hall–Kier alpha value is -2.34. The molecule has 0 bridgehead atoms. The average molecular weight is 265 g/mol. The second-order valence-corrected chi connectivity index (χ2v) is 5.30. The van der Waals surface area contributed by atoms with Gasteiger partial charge in [0, 0.05) is 18.4 Å². The Kier molecular flexibility index (Phi) is 3.76. The van der Waals surface area contributed by atoms with Crippen LogP contribution in [0.15, 0.2) is 24.3 Å². The Balaban J connectivity index is 2.59. The zero-order chi connectivity index (χ0) is 14.9. The lowest BCUT2D eigenvalue weighted by Crippen LogP contribution is -2.14. The maximum absolute atomic E-state index is 9.38. The van der Waals surface area contributed by atoms with Gasteiger partial charge in [0.25, 0.3) is 0 Å². The van der Waals surface area contributed by atoms with E-state index in [1.54, 1.807) is 0 Å². The highest BCUT2D eigenvalue weighted by Gasteiger charge is 2.14. The number of benzene rings is 1. The number of aromatic nitrogens is 1. The van der Waals surface area contributed by atoms with E-state index < -0.39 is 0 Å². The summed E-state index contributed by atoms with van der Waals surface area (Å²) in [4.78, 5) is 6.53.